The highest BCUT2D eigenvalue weighted by Gasteiger charge is 2.33. The Morgan fingerprint density at radius 3 is 2.43 bits per heavy atom. The van der Waals surface area contributed by atoms with Gasteiger partial charge < -0.3 is 15.0 Å². The number of nitriles is 1. The topological polar surface area (TPSA) is 103 Å². The molecule has 7 nitrogen and oxygen atoms in total. The van der Waals surface area contributed by atoms with E-state index in [4.69, 9.17) is 15.5 Å². The fourth-order valence-corrected chi connectivity index (χ4v) is 5.71. The van der Waals surface area contributed by atoms with E-state index >= 15 is 4.39 Å². The zero-order valence-electron chi connectivity index (χ0n) is 26.3. The number of benzene rings is 1. The minimum atomic E-state index is -1.83. The molecule has 4 heterocycles. The molecule has 44 heavy (non-hydrogen) atoms. The predicted molar refractivity (Wildman–Crippen MR) is 176 cm³/mol. The Hall–Kier alpha value is -4.99. The number of rotatable bonds is 4. The Balaban J connectivity index is 1.69. The van der Waals surface area contributed by atoms with E-state index in [1.54, 1.807) is 30.5 Å². The zero-order valence-corrected chi connectivity index (χ0v) is 27.3. The highest BCUT2D eigenvalue weighted by Crippen LogP contribution is 2.45. The molecular weight excluding hydrogens is 568 g/mol. The van der Waals surface area contributed by atoms with E-state index in [0.29, 0.717) is 39.2 Å². The molecule has 0 aliphatic carbocycles. The standard InChI is InChI=1S/C35H35FN6OSi/c1-21-16-25(14-15-44(7,8)35(3,4)5)39-20-26(21)33-30(31-32(42(33)6)24(18-37)19-40-34(31)38)23-12-13-28(27(36)17-23)43-29-11-9-10-22(2)41-29/h9-13,16-17,19-20H,1-8H3,(H2,38,40). The molecule has 0 aliphatic heterocycles. The highest BCUT2D eigenvalue weighted by atomic mass is 28.3. The zero-order chi connectivity index (χ0) is 32.0. The number of nitrogens with zero attached hydrogens (tertiary/aromatic N) is 5. The normalized spacial score (nSPS) is 11.6. The van der Waals surface area contributed by atoms with Crippen LogP contribution in [0.2, 0.25) is 18.1 Å². The van der Waals surface area contributed by atoms with Crippen molar-refractivity contribution in [2.75, 3.05) is 5.73 Å². The lowest BCUT2D eigenvalue weighted by Crippen LogP contribution is -2.35. The van der Waals surface area contributed by atoms with Crippen molar-refractivity contribution in [3.63, 3.8) is 0 Å². The summed E-state index contributed by atoms with van der Waals surface area (Å²) in [4.78, 5) is 13.3. The van der Waals surface area contributed by atoms with Crippen LogP contribution in [0.25, 0.3) is 33.3 Å². The van der Waals surface area contributed by atoms with Crippen molar-refractivity contribution in [2.24, 2.45) is 7.05 Å². The van der Waals surface area contributed by atoms with Gasteiger partial charge in [0.25, 0.3) is 0 Å². The maximum absolute atomic E-state index is 15.6. The molecule has 0 atom stereocenters. The van der Waals surface area contributed by atoms with E-state index in [0.717, 1.165) is 22.5 Å². The summed E-state index contributed by atoms with van der Waals surface area (Å²) >= 11 is 0. The third-order valence-electron chi connectivity index (χ3n) is 8.40. The van der Waals surface area contributed by atoms with E-state index in [-0.39, 0.29) is 16.6 Å². The first kappa shape index (κ1) is 30.5. The van der Waals surface area contributed by atoms with Crippen LogP contribution in [0.4, 0.5) is 10.2 Å². The van der Waals surface area contributed by atoms with E-state index in [2.05, 4.69) is 61.4 Å². The van der Waals surface area contributed by atoms with Gasteiger partial charge in [0.1, 0.15) is 25.7 Å². The molecule has 0 fully saturated rings. The Morgan fingerprint density at radius 1 is 1.05 bits per heavy atom. The molecule has 9 heteroatoms. The Labute approximate surface area is 258 Å². The van der Waals surface area contributed by atoms with Crippen LogP contribution in [0.1, 0.15) is 43.3 Å². The average Bonchev–Trinajstić information content (AvgIpc) is 3.26. The summed E-state index contributed by atoms with van der Waals surface area (Å²) in [5.41, 5.74) is 16.1. The van der Waals surface area contributed by atoms with Crippen molar-refractivity contribution in [2.45, 2.75) is 52.8 Å². The molecule has 0 bridgehead atoms. The minimum absolute atomic E-state index is 0.0416. The summed E-state index contributed by atoms with van der Waals surface area (Å²) in [6.07, 6.45) is 3.25. The van der Waals surface area contributed by atoms with Gasteiger partial charge in [0.2, 0.25) is 5.88 Å². The van der Waals surface area contributed by atoms with Crippen LogP contribution >= 0.6 is 0 Å². The number of pyridine rings is 3. The second-order valence-corrected chi connectivity index (χ2v) is 17.5. The van der Waals surface area contributed by atoms with Crippen molar-refractivity contribution in [1.82, 2.24) is 19.5 Å². The predicted octanol–water partition coefficient (Wildman–Crippen LogP) is 8.10. The molecule has 0 saturated carbocycles. The lowest BCUT2D eigenvalue weighted by atomic mass is 9.96. The van der Waals surface area contributed by atoms with Crippen LogP contribution in [-0.2, 0) is 7.05 Å². The molecule has 5 aromatic rings. The first-order valence-corrected chi connectivity index (χ1v) is 17.3. The lowest BCUT2D eigenvalue weighted by molar-refractivity contribution is 0.427. The summed E-state index contributed by atoms with van der Waals surface area (Å²) < 4.78 is 23.3. The Kier molecular flexibility index (Phi) is 7.79. The molecule has 0 amide bonds. The van der Waals surface area contributed by atoms with Gasteiger partial charge in [0, 0.05) is 42.3 Å². The van der Waals surface area contributed by atoms with Gasteiger partial charge in [0.15, 0.2) is 11.6 Å². The van der Waals surface area contributed by atoms with Gasteiger partial charge in [-0.25, -0.2) is 19.3 Å². The number of hydrogen-bond acceptors (Lipinski definition) is 6. The molecule has 4 aromatic heterocycles. The number of fused-ring (bicyclic) bond motifs is 1. The van der Waals surface area contributed by atoms with Gasteiger partial charge in [-0.2, -0.15) is 5.26 Å². The monoisotopic (exact) mass is 602 g/mol. The number of halogens is 1. The summed E-state index contributed by atoms with van der Waals surface area (Å²) in [6, 6.07) is 14.3. The van der Waals surface area contributed by atoms with E-state index < -0.39 is 13.9 Å². The van der Waals surface area contributed by atoms with Crippen molar-refractivity contribution in [3.8, 4) is 51.5 Å². The molecule has 0 saturated heterocycles. The van der Waals surface area contributed by atoms with Crippen LogP contribution in [0.3, 0.4) is 0 Å². The number of hydrogen-bond donors (Lipinski definition) is 1. The van der Waals surface area contributed by atoms with Crippen LogP contribution in [-0.4, -0.2) is 27.6 Å². The molecule has 0 spiro atoms. The fourth-order valence-electron chi connectivity index (χ4n) is 4.89. The summed E-state index contributed by atoms with van der Waals surface area (Å²) in [7, 11) is 0.0364. The maximum Gasteiger partial charge on any atom is 0.219 e. The summed E-state index contributed by atoms with van der Waals surface area (Å²) in [5.74, 6) is 3.33. The van der Waals surface area contributed by atoms with Crippen LogP contribution in [0.15, 0.2) is 54.9 Å². The summed E-state index contributed by atoms with van der Waals surface area (Å²) in [5, 5.41) is 10.7. The quantitative estimate of drug-likeness (QED) is 0.165. The Morgan fingerprint density at radius 2 is 1.80 bits per heavy atom. The smallest absolute Gasteiger partial charge is 0.219 e. The molecule has 1 aromatic carbocycles. The van der Waals surface area contributed by atoms with Crippen molar-refractivity contribution in [3.05, 3.63) is 83.2 Å². The minimum Gasteiger partial charge on any atom is -0.436 e. The average molecular weight is 603 g/mol. The van der Waals surface area contributed by atoms with Gasteiger partial charge in [0.05, 0.1) is 22.2 Å². The summed E-state index contributed by atoms with van der Waals surface area (Å²) in [6.45, 7) is 15.1. The van der Waals surface area contributed by atoms with Gasteiger partial charge >= 0.3 is 0 Å². The molecule has 222 valence electrons. The van der Waals surface area contributed by atoms with Gasteiger partial charge in [-0.15, -0.1) is 5.54 Å². The van der Waals surface area contributed by atoms with Gasteiger partial charge in [-0.05, 0) is 54.3 Å². The largest absolute Gasteiger partial charge is 0.436 e. The molecule has 2 N–H and O–H groups in total. The van der Waals surface area contributed by atoms with Crippen LogP contribution < -0.4 is 10.5 Å². The van der Waals surface area contributed by atoms with Crippen LogP contribution in [0, 0.1) is 42.5 Å². The third kappa shape index (κ3) is 5.55. The van der Waals surface area contributed by atoms with Gasteiger partial charge in [-0.3, -0.25) is 0 Å². The molecule has 0 aliphatic rings. The Bertz CT molecular complexity index is 2040. The third-order valence-corrected chi connectivity index (χ3v) is 12.9. The molecule has 0 unspecified atom stereocenters. The first-order chi connectivity index (χ1) is 20.7. The molecule has 0 radical (unpaired) electrons. The first-order valence-electron chi connectivity index (χ1n) is 14.3. The van der Waals surface area contributed by atoms with E-state index in [1.807, 2.05) is 37.6 Å². The second kappa shape index (κ2) is 11.3. The van der Waals surface area contributed by atoms with Crippen molar-refractivity contribution < 1.29 is 9.13 Å². The number of anilines is 1. The van der Waals surface area contributed by atoms with Crippen molar-refractivity contribution >= 4 is 24.8 Å². The maximum atomic E-state index is 15.6. The SMILES string of the molecule is Cc1cccc(Oc2ccc(-c3c(-c4cnc(C#C[Si](C)(C)C(C)(C)C)cc4C)n(C)c4c(C#N)cnc(N)c34)cc2F)n1. The number of nitrogen functional groups attached to an aromatic ring is 1. The van der Waals surface area contributed by atoms with Crippen LogP contribution in [0.5, 0.6) is 11.6 Å². The number of aromatic nitrogens is 4. The molecular formula is C35H35FN6OSi. The fraction of sp³-hybridized carbons (Fsp3) is 0.257. The van der Waals surface area contributed by atoms with Crippen molar-refractivity contribution in [1.29, 1.82) is 5.26 Å². The number of nitrogens with two attached hydrogens (primary N) is 1. The number of aryl methyl sites for hydroxylation is 3. The van der Waals surface area contributed by atoms with E-state index in [1.165, 1.54) is 12.3 Å². The molecule has 5 rings (SSSR count). The van der Waals surface area contributed by atoms with E-state index in [9.17, 15) is 5.26 Å². The highest BCUT2D eigenvalue weighted by molar-refractivity contribution is 6.87. The lowest BCUT2D eigenvalue weighted by Gasteiger charge is -2.31. The number of ether oxygens (including phenoxy) is 1. The van der Waals surface area contributed by atoms with Gasteiger partial charge in [-0.1, -0.05) is 51.9 Å². The second-order valence-electron chi connectivity index (χ2n) is 12.5.